The number of rotatable bonds is 3. The molecule has 0 saturated heterocycles. The van der Waals surface area contributed by atoms with Crippen molar-refractivity contribution in [2.75, 3.05) is 20.2 Å². The van der Waals surface area contributed by atoms with Crippen LogP contribution in [0.1, 0.15) is 6.92 Å². The van der Waals surface area contributed by atoms with Crippen LogP contribution < -0.4 is 0 Å². The van der Waals surface area contributed by atoms with E-state index in [2.05, 4.69) is 0 Å². The lowest BCUT2D eigenvalue weighted by atomic mass is 10.6. The molecule has 43 valence electrons. The molecule has 0 unspecified atom stereocenters. The summed E-state index contributed by atoms with van der Waals surface area (Å²) in [5.74, 6) is 0. The van der Waals surface area contributed by atoms with Crippen LogP contribution >= 0.6 is 0 Å². The van der Waals surface area contributed by atoms with Crippen molar-refractivity contribution in [3.63, 3.8) is 0 Å². The second kappa shape index (κ2) is 4.09. The third kappa shape index (κ3) is 3.76. The van der Waals surface area contributed by atoms with Gasteiger partial charge in [0.2, 0.25) is 0 Å². The number of aliphatic hydroxyl groups excluding tert-OH is 1. The van der Waals surface area contributed by atoms with Gasteiger partial charge < -0.3 is 5.11 Å². The Kier molecular flexibility index (Phi) is 4.04. The minimum absolute atomic E-state index is 0.237. The first-order chi connectivity index (χ1) is 3.31. The van der Waals surface area contributed by atoms with Gasteiger partial charge in [-0.25, -0.2) is 0 Å². The molecule has 2 nitrogen and oxygen atoms in total. The molecule has 0 atom stereocenters. The first kappa shape index (κ1) is 6.92. The van der Waals surface area contributed by atoms with Crippen LogP contribution in [-0.4, -0.2) is 30.2 Å². The molecule has 1 N–H and O–H groups in total. The van der Waals surface area contributed by atoms with Gasteiger partial charge in [0, 0.05) is 13.1 Å². The fourth-order valence-electron chi connectivity index (χ4n) is 0.287. The maximum absolute atomic E-state index is 8.31. The molecule has 0 aliphatic rings. The highest BCUT2D eigenvalue weighted by atomic mass is 16.3. The number of likely N-dealkylation sites (N-methyl/N-ethyl adjacent to an activating group) is 1. The zero-order valence-electron chi connectivity index (χ0n) is 4.89. The molecule has 0 spiro atoms. The van der Waals surface area contributed by atoms with Crippen molar-refractivity contribution in [1.29, 1.82) is 0 Å². The van der Waals surface area contributed by atoms with Gasteiger partial charge in [-0.2, -0.15) is 0 Å². The molecule has 0 aromatic rings. The number of aliphatic hydroxyl groups is 1. The van der Waals surface area contributed by atoms with Crippen LogP contribution in [0.3, 0.4) is 0 Å². The van der Waals surface area contributed by atoms with E-state index in [4.69, 9.17) is 5.11 Å². The average Bonchev–Trinajstić information content (AvgIpc) is 1.68. The first-order valence-electron chi connectivity index (χ1n) is 2.42. The van der Waals surface area contributed by atoms with Gasteiger partial charge >= 0.3 is 0 Å². The molecule has 0 aromatic carbocycles. The van der Waals surface area contributed by atoms with Crippen LogP contribution in [0.2, 0.25) is 0 Å². The molecule has 1 radical (unpaired) electrons. The van der Waals surface area contributed by atoms with Crippen molar-refractivity contribution >= 4 is 0 Å². The summed E-state index contributed by atoms with van der Waals surface area (Å²) >= 11 is 0. The van der Waals surface area contributed by atoms with E-state index in [0.717, 1.165) is 6.54 Å². The van der Waals surface area contributed by atoms with Crippen LogP contribution in [0.25, 0.3) is 0 Å². The minimum atomic E-state index is 0.237. The topological polar surface area (TPSA) is 23.5 Å². The number of nitrogens with zero attached hydrogens (tertiary/aromatic N) is 1. The van der Waals surface area contributed by atoms with Crippen LogP contribution in [0.4, 0.5) is 0 Å². The Morgan fingerprint density at radius 2 is 2.29 bits per heavy atom. The lowest BCUT2D eigenvalue weighted by Gasteiger charge is -2.08. The van der Waals surface area contributed by atoms with Crippen molar-refractivity contribution in [1.82, 2.24) is 4.90 Å². The van der Waals surface area contributed by atoms with Gasteiger partial charge in [-0.3, -0.25) is 4.90 Å². The maximum atomic E-state index is 8.31. The van der Waals surface area contributed by atoms with Gasteiger partial charge in [0.15, 0.2) is 0 Å². The van der Waals surface area contributed by atoms with E-state index in [1.807, 2.05) is 25.4 Å². The number of hydrogen-bond donors (Lipinski definition) is 1. The molecule has 0 saturated carbocycles. The second-order valence-electron chi connectivity index (χ2n) is 1.46. The smallest absolute Gasteiger partial charge is 0.0558 e. The Morgan fingerprint density at radius 3 is 2.43 bits per heavy atom. The summed E-state index contributed by atoms with van der Waals surface area (Å²) in [5.41, 5.74) is 0. The summed E-state index contributed by atoms with van der Waals surface area (Å²) in [4.78, 5) is 1.93. The van der Waals surface area contributed by atoms with Gasteiger partial charge in [0.25, 0.3) is 0 Å². The van der Waals surface area contributed by atoms with Crippen molar-refractivity contribution in [3.05, 3.63) is 6.54 Å². The molecular formula is C5H12NO. The fourth-order valence-corrected chi connectivity index (χ4v) is 0.287. The maximum Gasteiger partial charge on any atom is 0.0558 e. The summed E-state index contributed by atoms with van der Waals surface area (Å²) in [6.07, 6.45) is 0. The van der Waals surface area contributed by atoms with Gasteiger partial charge in [0.05, 0.1) is 6.61 Å². The predicted octanol–water partition coefficient (Wildman–Crippen LogP) is 0.0922. The van der Waals surface area contributed by atoms with E-state index >= 15 is 0 Å². The van der Waals surface area contributed by atoms with Gasteiger partial charge in [0.1, 0.15) is 0 Å². The van der Waals surface area contributed by atoms with Crippen LogP contribution in [0.5, 0.6) is 0 Å². The Balaban J connectivity index is 2.83. The first-order valence-corrected chi connectivity index (χ1v) is 2.42. The highest BCUT2D eigenvalue weighted by molar-refractivity contribution is 4.54. The minimum Gasteiger partial charge on any atom is -0.395 e. The van der Waals surface area contributed by atoms with E-state index in [1.165, 1.54) is 0 Å². The summed E-state index contributed by atoms with van der Waals surface area (Å²) in [6, 6.07) is 0. The standard InChI is InChI=1S/C5H12NO/c1-3-6(2)4-5-7/h3,7H,4-5H2,1-2H3. The Morgan fingerprint density at radius 1 is 1.71 bits per heavy atom. The van der Waals surface area contributed by atoms with Crippen LogP contribution in [0, 0.1) is 6.54 Å². The highest BCUT2D eigenvalue weighted by Gasteiger charge is 1.88. The SMILES string of the molecule is C[CH]N(C)CCO. The molecule has 0 rings (SSSR count). The van der Waals surface area contributed by atoms with Crippen LogP contribution in [0.15, 0.2) is 0 Å². The monoisotopic (exact) mass is 102 g/mol. The van der Waals surface area contributed by atoms with Gasteiger partial charge in [-0.15, -0.1) is 0 Å². The van der Waals surface area contributed by atoms with E-state index < -0.39 is 0 Å². The Hall–Kier alpha value is -0.0800. The third-order valence-corrected chi connectivity index (χ3v) is 0.893. The Bertz CT molecular complexity index is 39.1. The molecule has 0 aliphatic heterocycles. The van der Waals surface area contributed by atoms with Crippen molar-refractivity contribution < 1.29 is 5.11 Å². The second-order valence-corrected chi connectivity index (χ2v) is 1.46. The van der Waals surface area contributed by atoms with Gasteiger partial charge in [-0.1, -0.05) is 0 Å². The lowest BCUT2D eigenvalue weighted by Crippen LogP contribution is -2.17. The molecule has 0 aliphatic carbocycles. The molecule has 0 amide bonds. The lowest BCUT2D eigenvalue weighted by molar-refractivity contribution is 0.244. The summed E-state index contributed by atoms with van der Waals surface area (Å²) < 4.78 is 0. The zero-order chi connectivity index (χ0) is 5.70. The Labute approximate surface area is 44.8 Å². The molecule has 0 aromatic heterocycles. The van der Waals surface area contributed by atoms with Crippen molar-refractivity contribution in [2.24, 2.45) is 0 Å². The van der Waals surface area contributed by atoms with Crippen molar-refractivity contribution in [3.8, 4) is 0 Å². The van der Waals surface area contributed by atoms with Crippen molar-refractivity contribution in [2.45, 2.75) is 6.92 Å². The quantitative estimate of drug-likeness (QED) is 0.546. The summed E-state index contributed by atoms with van der Waals surface area (Å²) in [7, 11) is 1.93. The molecule has 0 heterocycles. The molecule has 7 heavy (non-hydrogen) atoms. The van der Waals surface area contributed by atoms with E-state index in [9.17, 15) is 0 Å². The predicted molar refractivity (Wildman–Crippen MR) is 29.7 cm³/mol. The normalized spacial score (nSPS) is 10.3. The summed E-state index contributed by atoms with van der Waals surface area (Å²) in [5, 5.41) is 8.31. The molecule has 0 fully saturated rings. The van der Waals surface area contributed by atoms with E-state index in [0.29, 0.717) is 0 Å². The zero-order valence-corrected chi connectivity index (χ0v) is 4.89. The molecular weight excluding hydrogens is 90.1 g/mol. The number of hydrogen-bond acceptors (Lipinski definition) is 2. The fraction of sp³-hybridized carbons (Fsp3) is 0.800. The van der Waals surface area contributed by atoms with Gasteiger partial charge in [-0.05, 0) is 14.0 Å². The van der Waals surface area contributed by atoms with E-state index in [1.54, 1.807) is 0 Å². The van der Waals surface area contributed by atoms with E-state index in [-0.39, 0.29) is 6.61 Å². The van der Waals surface area contributed by atoms with Crippen LogP contribution in [-0.2, 0) is 0 Å². The highest BCUT2D eigenvalue weighted by Crippen LogP contribution is 1.81. The summed E-state index contributed by atoms with van der Waals surface area (Å²) in [6.45, 7) is 4.84. The molecule has 2 heteroatoms. The third-order valence-electron chi connectivity index (χ3n) is 0.893. The molecule has 0 bridgehead atoms. The average molecular weight is 102 g/mol. The largest absolute Gasteiger partial charge is 0.395 e.